The predicted octanol–water partition coefficient (Wildman–Crippen LogP) is 1.20. The molecule has 4 rings (SSSR count). The highest BCUT2D eigenvalue weighted by atomic mass is 16.5. The van der Waals surface area contributed by atoms with Crippen molar-refractivity contribution < 1.29 is 9.53 Å². The lowest BCUT2D eigenvalue weighted by molar-refractivity contribution is 0.0302. The number of fused-ring (bicyclic) bond motifs is 1. The van der Waals surface area contributed by atoms with E-state index in [1.54, 1.807) is 12.3 Å². The van der Waals surface area contributed by atoms with Gasteiger partial charge < -0.3 is 14.6 Å². The van der Waals surface area contributed by atoms with E-state index in [4.69, 9.17) is 4.74 Å². The van der Waals surface area contributed by atoms with Crippen LogP contribution >= 0.6 is 0 Å². The largest absolute Gasteiger partial charge is 0.378 e. The molecule has 1 fully saturated rings. The number of carbonyl (C=O) groups is 1. The Labute approximate surface area is 126 Å². The Morgan fingerprint density at radius 2 is 2.05 bits per heavy atom. The minimum Gasteiger partial charge on any atom is -0.378 e. The number of aromatic nitrogens is 4. The minimum absolute atomic E-state index is 0.0129. The van der Waals surface area contributed by atoms with Crippen LogP contribution in [0.3, 0.4) is 0 Å². The van der Waals surface area contributed by atoms with Crippen LogP contribution < -0.4 is 0 Å². The Morgan fingerprint density at radius 1 is 1.18 bits per heavy atom. The fourth-order valence-corrected chi connectivity index (χ4v) is 2.63. The second-order valence-electron chi connectivity index (χ2n) is 5.17. The second-order valence-corrected chi connectivity index (χ2v) is 5.17. The molecule has 3 aromatic rings. The molecule has 0 aliphatic carbocycles. The number of ether oxygens (including phenoxy) is 1. The summed E-state index contributed by atoms with van der Waals surface area (Å²) in [4.78, 5) is 17.4. The standard InChI is InChI=1S/C15H15N5O2/c21-15(19-5-7-22-8-6-19)12-1-2-13-17-18-14(20(13)10-12)11-3-4-16-9-11/h1-4,9-10,16H,5-8H2. The molecule has 0 unspecified atom stereocenters. The summed E-state index contributed by atoms with van der Waals surface area (Å²) >= 11 is 0. The van der Waals surface area contributed by atoms with Crippen molar-refractivity contribution in [3.05, 3.63) is 42.4 Å². The summed E-state index contributed by atoms with van der Waals surface area (Å²) in [6, 6.07) is 5.53. The van der Waals surface area contributed by atoms with Gasteiger partial charge in [-0.2, -0.15) is 0 Å². The molecule has 3 aromatic heterocycles. The summed E-state index contributed by atoms with van der Waals surface area (Å²) < 4.78 is 7.13. The summed E-state index contributed by atoms with van der Waals surface area (Å²) in [5.74, 6) is 0.729. The van der Waals surface area contributed by atoms with Crippen molar-refractivity contribution in [2.24, 2.45) is 0 Å². The number of H-pyrrole nitrogens is 1. The molecule has 7 nitrogen and oxygen atoms in total. The Bertz CT molecular complexity index is 803. The van der Waals surface area contributed by atoms with E-state index in [1.165, 1.54) is 0 Å². The van der Waals surface area contributed by atoms with Crippen LogP contribution in [0.4, 0.5) is 0 Å². The molecule has 7 heteroatoms. The molecule has 1 N–H and O–H groups in total. The van der Waals surface area contributed by atoms with Crippen LogP contribution in [0.25, 0.3) is 17.0 Å². The second kappa shape index (κ2) is 5.27. The van der Waals surface area contributed by atoms with Crippen molar-refractivity contribution in [2.45, 2.75) is 0 Å². The fourth-order valence-electron chi connectivity index (χ4n) is 2.63. The third kappa shape index (κ3) is 2.15. The first-order chi connectivity index (χ1) is 10.8. The van der Waals surface area contributed by atoms with Crippen molar-refractivity contribution >= 4 is 11.6 Å². The topological polar surface area (TPSA) is 75.5 Å². The van der Waals surface area contributed by atoms with Crippen LogP contribution in [0.2, 0.25) is 0 Å². The van der Waals surface area contributed by atoms with Crippen molar-refractivity contribution in [2.75, 3.05) is 26.3 Å². The van der Waals surface area contributed by atoms with Gasteiger partial charge in [0.15, 0.2) is 11.5 Å². The fraction of sp³-hybridized carbons (Fsp3) is 0.267. The summed E-state index contributed by atoms with van der Waals surface area (Å²) in [6.45, 7) is 2.44. The first-order valence-electron chi connectivity index (χ1n) is 7.18. The molecule has 0 saturated carbocycles. The van der Waals surface area contributed by atoms with E-state index in [1.807, 2.05) is 33.8 Å². The van der Waals surface area contributed by atoms with Crippen LogP contribution in [-0.2, 0) is 4.74 Å². The van der Waals surface area contributed by atoms with Gasteiger partial charge in [-0.15, -0.1) is 10.2 Å². The number of hydrogen-bond acceptors (Lipinski definition) is 4. The van der Waals surface area contributed by atoms with Gasteiger partial charge in [0.1, 0.15) is 0 Å². The average Bonchev–Trinajstić information content (AvgIpc) is 3.23. The number of nitrogens with one attached hydrogen (secondary N) is 1. The van der Waals surface area contributed by atoms with Gasteiger partial charge in [-0.25, -0.2) is 0 Å². The van der Waals surface area contributed by atoms with Gasteiger partial charge in [-0.05, 0) is 18.2 Å². The first-order valence-corrected chi connectivity index (χ1v) is 7.18. The Morgan fingerprint density at radius 3 is 2.82 bits per heavy atom. The zero-order valence-corrected chi connectivity index (χ0v) is 11.9. The Balaban J connectivity index is 1.73. The lowest BCUT2D eigenvalue weighted by Crippen LogP contribution is -2.40. The molecule has 0 radical (unpaired) electrons. The number of morpholine rings is 1. The van der Waals surface area contributed by atoms with Crippen molar-refractivity contribution in [3.8, 4) is 11.4 Å². The van der Waals surface area contributed by atoms with Gasteiger partial charge in [0.05, 0.1) is 18.8 Å². The van der Waals surface area contributed by atoms with Crippen molar-refractivity contribution in [3.63, 3.8) is 0 Å². The average molecular weight is 297 g/mol. The lowest BCUT2D eigenvalue weighted by atomic mass is 10.2. The third-order valence-electron chi connectivity index (χ3n) is 3.80. The van der Waals surface area contributed by atoms with Gasteiger partial charge in [-0.3, -0.25) is 9.20 Å². The maximum Gasteiger partial charge on any atom is 0.255 e. The van der Waals surface area contributed by atoms with E-state index in [2.05, 4.69) is 15.2 Å². The SMILES string of the molecule is O=C(c1ccc2nnc(-c3cc[nH]c3)n2c1)N1CCOCC1. The van der Waals surface area contributed by atoms with Crippen LogP contribution in [0.1, 0.15) is 10.4 Å². The molecule has 1 saturated heterocycles. The Kier molecular flexibility index (Phi) is 3.12. The van der Waals surface area contributed by atoms with Gasteiger partial charge in [-0.1, -0.05) is 0 Å². The molecule has 22 heavy (non-hydrogen) atoms. The van der Waals surface area contributed by atoms with Crippen LogP contribution in [0.15, 0.2) is 36.8 Å². The molecule has 1 amide bonds. The van der Waals surface area contributed by atoms with E-state index in [0.717, 1.165) is 11.2 Å². The summed E-state index contributed by atoms with van der Waals surface area (Å²) in [5, 5.41) is 8.34. The summed E-state index contributed by atoms with van der Waals surface area (Å²) in [5.41, 5.74) is 2.28. The molecule has 1 aliphatic rings. The van der Waals surface area contributed by atoms with Gasteiger partial charge in [0.2, 0.25) is 0 Å². The summed E-state index contributed by atoms with van der Waals surface area (Å²) in [7, 11) is 0. The van der Waals surface area contributed by atoms with Crippen molar-refractivity contribution in [1.29, 1.82) is 0 Å². The van der Waals surface area contributed by atoms with Crippen LogP contribution in [-0.4, -0.2) is 56.7 Å². The maximum atomic E-state index is 12.6. The smallest absolute Gasteiger partial charge is 0.255 e. The highest BCUT2D eigenvalue weighted by molar-refractivity contribution is 5.94. The highest BCUT2D eigenvalue weighted by Gasteiger charge is 2.19. The summed E-state index contributed by atoms with van der Waals surface area (Å²) in [6.07, 6.45) is 5.49. The molecule has 0 bridgehead atoms. The lowest BCUT2D eigenvalue weighted by Gasteiger charge is -2.26. The normalized spacial score (nSPS) is 15.4. The quantitative estimate of drug-likeness (QED) is 0.771. The molecule has 0 spiro atoms. The molecule has 1 aliphatic heterocycles. The van der Waals surface area contributed by atoms with E-state index < -0.39 is 0 Å². The Hall–Kier alpha value is -2.67. The van der Waals surface area contributed by atoms with E-state index in [9.17, 15) is 4.79 Å². The number of amides is 1. The maximum absolute atomic E-state index is 12.6. The van der Waals surface area contributed by atoms with Gasteiger partial charge in [0.25, 0.3) is 5.91 Å². The molecule has 4 heterocycles. The highest BCUT2D eigenvalue weighted by Crippen LogP contribution is 2.18. The van der Waals surface area contributed by atoms with E-state index in [0.29, 0.717) is 37.7 Å². The number of aromatic amines is 1. The molecule has 112 valence electrons. The number of nitrogens with zero attached hydrogens (tertiary/aromatic N) is 4. The van der Waals surface area contributed by atoms with E-state index >= 15 is 0 Å². The van der Waals surface area contributed by atoms with Crippen LogP contribution in [0, 0.1) is 0 Å². The monoisotopic (exact) mass is 297 g/mol. The number of pyridine rings is 1. The molecular weight excluding hydrogens is 282 g/mol. The number of rotatable bonds is 2. The minimum atomic E-state index is 0.0129. The van der Waals surface area contributed by atoms with Gasteiger partial charge in [0, 0.05) is 37.2 Å². The third-order valence-corrected chi connectivity index (χ3v) is 3.80. The van der Waals surface area contributed by atoms with Gasteiger partial charge >= 0.3 is 0 Å². The molecule has 0 atom stereocenters. The van der Waals surface area contributed by atoms with Crippen LogP contribution in [0.5, 0.6) is 0 Å². The number of hydrogen-bond donors (Lipinski definition) is 1. The number of carbonyl (C=O) groups excluding carboxylic acids is 1. The van der Waals surface area contributed by atoms with Crippen molar-refractivity contribution in [1.82, 2.24) is 24.5 Å². The zero-order valence-electron chi connectivity index (χ0n) is 11.9. The van der Waals surface area contributed by atoms with E-state index in [-0.39, 0.29) is 5.91 Å². The molecule has 0 aromatic carbocycles. The zero-order chi connectivity index (χ0) is 14.9. The predicted molar refractivity (Wildman–Crippen MR) is 79.5 cm³/mol. The first kappa shape index (κ1) is 13.0. The molecular formula is C15H15N5O2.